The van der Waals surface area contributed by atoms with Crippen molar-refractivity contribution in [3.05, 3.63) is 35.2 Å². The van der Waals surface area contributed by atoms with E-state index in [1.807, 2.05) is 11.5 Å². The van der Waals surface area contributed by atoms with Gasteiger partial charge in [-0.1, -0.05) is 17.8 Å². The molecule has 0 amide bonds. The van der Waals surface area contributed by atoms with Gasteiger partial charge in [0.1, 0.15) is 5.82 Å². The number of carboxylic acids is 1. The minimum absolute atomic E-state index is 0.0108. The molecule has 0 spiro atoms. The highest BCUT2D eigenvalue weighted by atomic mass is 32.2. The zero-order valence-electron chi connectivity index (χ0n) is 11.2. The molecule has 1 heterocycles. The number of carboxylic acid groups (broad SMARTS) is 1. The summed E-state index contributed by atoms with van der Waals surface area (Å²) in [7, 11) is 0. The lowest BCUT2D eigenvalue weighted by Crippen LogP contribution is -2.03. The van der Waals surface area contributed by atoms with Gasteiger partial charge in [0.05, 0.1) is 5.75 Å². The predicted octanol–water partition coefficient (Wildman–Crippen LogP) is 2.24. The van der Waals surface area contributed by atoms with Gasteiger partial charge in [-0.15, -0.1) is 10.2 Å². The topological polar surface area (TPSA) is 68.0 Å². The van der Waals surface area contributed by atoms with Gasteiger partial charge in [0, 0.05) is 5.69 Å². The molecule has 1 aliphatic carbocycles. The van der Waals surface area contributed by atoms with Crippen molar-refractivity contribution < 1.29 is 9.90 Å². The first-order chi connectivity index (χ1) is 9.65. The van der Waals surface area contributed by atoms with Crippen molar-refractivity contribution in [1.29, 1.82) is 0 Å². The van der Waals surface area contributed by atoms with Crippen LogP contribution in [0.4, 0.5) is 0 Å². The molecule has 1 N–H and O–H groups in total. The van der Waals surface area contributed by atoms with Gasteiger partial charge in [-0.2, -0.15) is 0 Å². The smallest absolute Gasteiger partial charge is 0.313 e. The Kier molecular flexibility index (Phi) is 3.48. The van der Waals surface area contributed by atoms with Crippen molar-refractivity contribution >= 4 is 17.7 Å². The number of rotatable bonds is 4. The number of carbonyl (C=O) groups is 1. The first-order valence-electron chi connectivity index (χ1n) is 6.54. The Morgan fingerprint density at radius 1 is 1.35 bits per heavy atom. The molecule has 20 heavy (non-hydrogen) atoms. The summed E-state index contributed by atoms with van der Waals surface area (Å²) in [5.74, 6) is -0.0877. The number of aryl methyl sites for hydroxylation is 3. The second kappa shape index (κ2) is 5.28. The second-order valence-corrected chi connectivity index (χ2v) is 5.80. The first-order valence-corrected chi connectivity index (χ1v) is 7.52. The van der Waals surface area contributed by atoms with Gasteiger partial charge in [-0.3, -0.25) is 9.36 Å². The van der Waals surface area contributed by atoms with E-state index in [1.54, 1.807) is 0 Å². The standard InChI is InChI=1S/C14H15N3O2S/c1-9-15-16-14(20-8-13(18)19)17(9)12-6-5-10-3-2-4-11(10)7-12/h5-7H,2-4,8H2,1H3,(H,18,19). The first kappa shape index (κ1) is 13.2. The maximum atomic E-state index is 10.7. The summed E-state index contributed by atoms with van der Waals surface area (Å²) >= 11 is 1.19. The molecule has 1 aliphatic rings. The minimum atomic E-state index is -0.851. The van der Waals surface area contributed by atoms with E-state index >= 15 is 0 Å². The van der Waals surface area contributed by atoms with Gasteiger partial charge in [-0.05, 0) is 49.4 Å². The normalized spacial score (nSPS) is 13.4. The van der Waals surface area contributed by atoms with Crippen molar-refractivity contribution in [2.24, 2.45) is 0 Å². The van der Waals surface area contributed by atoms with E-state index in [1.165, 1.54) is 29.3 Å². The quantitative estimate of drug-likeness (QED) is 0.874. The molecule has 0 atom stereocenters. The summed E-state index contributed by atoms with van der Waals surface area (Å²) in [6, 6.07) is 6.39. The highest BCUT2D eigenvalue weighted by Crippen LogP contribution is 2.27. The van der Waals surface area contributed by atoms with Crippen molar-refractivity contribution in [1.82, 2.24) is 14.8 Å². The van der Waals surface area contributed by atoms with Crippen LogP contribution in [0.1, 0.15) is 23.4 Å². The van der Waals surface area contributed by atoms with E-state index in [9.17, 15) is 4.79 Å². The van der Waals surface area contributed by atoms with E-state index in [0.29, 0.717) is 5.16 Å². The van der Waals surface area contributed by atoms with Crippen LogP contribution in [0.5, 0.6) is 0 Å². The van der Waals surface area contributed by atoms with Gasteiger partial charge >= 0.3 is 5.97 Å². The van der Waals surface area contributed by atoms with Gasteiger partial charge in [-0.25, -0.2) is 0 Å². The van der Waals surface area contributed by atoms with Gasteiger partial charge < -0.3 is 5.11 Å². The number of aliphatic carboxylic acids is 1. The van der Waals surface area contributed by atoms with Crippen LogP contribution in [0.2, 0.25) is 0 Å². The monoisotopic (exact) mass is 289 g/mol. The molecule has 5 nitrogen and oxygen atoms in total. The number of benzene rings is 1. The third-order valence-electron chi connectivity index (χ3n) is 3.46. The number of thioether (sulfide) groups is 1. The molecule has 0 fully saturated rings. The maximum Gasteiger partial charge on any atom is 0.313 e. The SMILES string of the molecule is Cc1nnc(SCC(=O)O)n1-c1ccc2c(c1)CCC2. The largest absolute Gasteiger partial charge is 0.481 e. The van der Waals surface area contributed by atoms with E-state index in [-0.39, 0.29) is 5.75 Å². The van der Waals surface area contributed by atoms with E-state index < -0.39 is 5.97 Å². The van der Waals surface area contributed by atoms with Gasteiger partial charge in [0.25, 0.3) is 0 Å². The lowest BCUT2D eigenvalue weighted by Gasteiger charge is -2.09. The van der Waals surface area contributed by atoms with E-state index in [2.05, 4.69) is 28.4 Å². The molecule has 1 aromatic heterocycles. The fourth-order valence-corrected chi connectivity index (χ4v) is 3.28. The highest BCUT2D eigenvalue weighted by molar-refractivity contribution is 7.99. The zero-order chi connectivity index (χ0) is 14.1. The van der Waals surface area contributed by atoms with Crippen molar-refractivity contribution in [2.75, 3.05) is 5.75 Å². The van der Waals surface area contributed by atoms with Crippen LogP contribution in [0.25, 0.3) is 5.69 Å². The van der Waals surface area contributed by atoms with Crippen LogP contribution in [-0.4, -0.2) is 31.6 Å². The van der Waals surface area contributed by atoms with Gasteiger partial charge in [0.2, 0.25) is 0 Å². The predicted molar refractivity (Wildman–Crippen MR) is 76.5 cm³/mol. The molecule has 0 bridgehead atoms. The average molecular weight is 289 g/mol. The Balaban J connectivity index is 1.97. The third kappa shape index (κ3) is 2.43. The zero-order valence-corrected chi connectivity index (χ0v) is 12.0. The lowest BCUT2D eigenvalue weighted by atomic mass is 10.1. The number of fused-ring (bicyclic) bond motifs is 1. The Morgan fingerprint density at radius 3 is 2.95 bits per heavy atom. The molecule has 6 heteroatoms. The molecular weight excluding hydrogens is 274 g/mol. The molecule has 2 aromatic rings. The van der Waals surface area contributed by atoms with Crippen LogP contribution >= 0.6 is 11.8 Å². The molecule has 0 saturated carbocycles. The second-order valence-electron chi connectivity index (χ2n) is 4.85. The number of hydrogen-bond donors (Lipinski definition) is 1. The fraction of sp³-hybridized carbons (Fsp3) is 0.357. The maximum absolute atomic E-state index is 10.7. The Labute approximate surface area is 121 Å². The summed E-state index contributed by atoms with van der Waals surface area (Å²) in [6.45, 7) is 1.88. The van der Waals surface area contributed by atoms with Gasteiger partial charge in [0.15, 0.2) is 5.16 Å². The molecule has 0 radical (unpaired) electrons. The Hall–Kier alpha value is -1.82. The molecule has 0 saturated heterocycles. The fourth-order valence-electron chi connectivity index (χ4n) is 2.56. The average Bonchev–Trinajstić information content (AvgIpc) is 3.01. The molecule has 0 unspecified atom stereocenters. The summed E-state index contributed by atoms with van der Waals surface area (Å²) in [5, 5.41) is 17.6. The highest BCUT2D eigenvalue weighted by Gasteiger charge is 2.16. The summed E-state index contributed by atoms with van der Waals surface area (Å²) in [4.78, 5) is 10.7. The van der Waals surface area contributed by atoms with Crippen LogP contribution < -0.4 is 0 Å². The van der Waals surface area contributed by atoms with Crippen molar-refractivity contribution in [2.45, 2.75) is 31.3 Å². The Bertz CT molecular complexity index is 666. The van der Waals surface area contributed by atoms with Crippen LogP contribution in [0.3, 0.4) is 0 Å². The Morgan fingerprint density at radius 2 is 2.15 bits per heavy atom. The number of aromatic nitrogens is 3. The van der Waals surface area contributed by atoms with E-state index in [0.717, 1.165) is 24.4 Å². The summed E-state index contributed by atoms with van der Waals surface area (Å²) < 4.78 is 1.92. The van der Waals surface area contributed by atoms with Crippen molar-refractivity contribution in [3.63, 3.8) is 0 Å². The number of nitrogens with zero attached hydrogens (tertiary/aromatic N) is 3. The van der Waals surface area contributed by atoms with Crippen LogP contribution in [0.15, 0.2) is 23.4 Å². The van der Waals surface area contributed by atoms with E-state index in [4.69, 9.17) is 5.11 Å². The molecule has 3 rings (SSSR count). The molecule has 104 valence electrons. The molecule has 1 aromatic carbocycles. The minimum Gasteiger partial charge on any atom is -0.481 e. The number of hydrogen-bond acceptors (Lipinski definition) is 4. The molecular formula is C14H15N3O2S. The van der Waals surface area contributed by atoms with Crippen molar-refractivity contribution in [3.8, 4) is 5.69 Å². The third-order valence-corrected chi connectivity index (χ3v) is 4.37. The molecule has 0 aliphatic heterocycles. The van der Waals surface area contributed by atoms with Crippen LogP contribution in [-0.2, 0) is 17.6 Å². The van der Waals surface area contributed by atoms with Crippen LogP contribution in [0, 0.1) is 6.92 Å². The lowest BCUT2D eigenvalue weighted by molar-refractivity contribution is -0.133. The summed E-state index contributed by atoms with van der Waals surface area (Å²) in [5.41, 5.74) is 3.81. The summed E-state index contributed by atoms with van der Waals surface area (Å²) in [6.07, 6.45) is 3.47.